The molecule has 0 atom stereocenters. The Balaban J connectivity index is 1.94. The summed E-state index contributed by atoms with van der Waals surface area (Å²) in [5.41, 5.74) is 1.49. The number of carbonyl (C=O) groups is 1. The van der Waals surface area contributed by atoms with Crippen molar-refractivity contribution < 1.29 is 9.21 Å². The number of thiophene rings is 1. The number of H-pyrrole nitrogens is 1. The lowest BCUT2D eigenvalue weighted by Gasteiger charge is -2.12. The molecule has 1 amide bonds. The highest BCUT2D eigenvalue weighted by Gasteiger charge is 2.17. The number of nitrogens with zero attached hydrogens (tertiary/aromatic N) is 2. The first-order valence-electron chi connectivity index (χ1n) is 4.99. The van der Waals surface area contributed by atoms with E-state index >= 15 is 0 Å². The van der Waals surface area contributed by atoms with Gasteiger partial charge in [0.25, 0.3) is 5.91 Å². The van der Waals surface area contributed by atoms with E-state index in [9.17, 15) is 4.79 Å². The van der Waals surface area contributed by atoms with Gasteiger partial charge in [0.2, 0.25) is 0 Å². The number of furan rings is 1. The minimum absolute atomic E-state index is 0.0669. The van der Waals surface area contributed by atoms with Crippen LogP contribution >= 0.6 is 11.3 Å². The van der Waals surface area contributed by atoms with Crippen LogP contribution in [0.25, 0.3) is 10.3 Å². The van der Waals surface area contributed by atoms with Crippen LogP contribution in [0.1, 0.15) is 9.67 Å². The van der Waals surface area contributed by atoms with Gasteiger partial charge in [-0.3, -0.25) is 9.89 Å². The number of anilines is 1. The molecule has 0 unspecified atom stereocenters. The van der Waals surface area contributed by atoms with Gasteiger partial charge in [-0.1, -0.05) is 0 Å². The van der Waals surface area contributed by atoms with Gasteiger partial charge in [-0.25, -0.2) is 0 Å². The van der Waals surface area contributed by atoms with Gasteiger partial charge in [0.05, 0.1) is 27.7 Å². The second-order valence-corrected chi connectivity index (χ2v) is 4.66. The largest absolute Gasteiger partial charge is 0.463 e. The predicted octanol–water partition coefficient (Wildman–Crippen LogP) is 2.49. The van der Waals surface area contributed by atoms with Crippen molar-refractivity contribution in [1.82, 2.24) is 10.2 Å². The van der Waals surface area contributed by atoms with E-state index in [0.717, 1.165) is 16.0 Å². The number of amides is 1. The number of aromatic nitrogens is 2. The van der Waals surface area contributed by atoms with Crippen molar-refractivity contribution in [3.63, 3.8) is 0 Å². The zero-order valence-corrected chi connectivity index (χ0v) is 9.82. The number of aromatic amines is 1. The summed E-state index contributed by atoms with van der Waals surface area (Å²) in [6.07, 6.45) is 4.90. The van der Waals surface area contributed by atoms with Crippen LogP contribution in [0.2, 0.25) is 0 Å². The summed E-state index contributed by atoms with van der Waals surface area (Å²) in [6.45, 7) is 0. The van der Waals surface area contributed by atoms with Crippen LogP contribution in [0.5, 0.6) is 0 Å². The third-order valence-electron chi connectivity index (χ3n) is 2.53. The molecule has 0 saturated carbocycles. The molecule has 0 fully saturated rings. The molecule has 0 radical (unpaired) electrons. The zero-order chi connectivity index (χ0) is 11.8. The molecule has 3 aromatic rings. The van der Waals surface area contributed by atoms with Crippen LogP contribution in [0.4, 0.5) is 5.69 Å². The lowest BCUT2D eigenvalue weighted by Crippen LogP contribution is -2.24. The quantitative estimate of drug-likeness (QED) is 0.756. The summed E-state index contributed by atoms with van der Waals surface area (Å²) in [4.78, 5) is 14.4. The summed E-state index contributed by atoms with van der Waals surface area (Å²) >= 11 is 1.42. The second-order valence-electron chi connectivity index (χ2n) is 3.58. The average molecular weight is 247 g/mol. The van der Waals surface area contributed by atoms with E-state index in [1.54, 1.807) is 36.7 Å². The fourth-order valence-electron chi connectivity index (χ4n) is 1.58. The molecule has 86 valence electrons. The lowest BCUT2D eigenvalue weighted by molar-refractivity contribution is 0.0997. The molecule has 17 heavy (non-hydrogen) atoms. The van der Waals surface area contributed by atoms with Gasteiger partial charge >= 0.3 is 0 Å². The molecular formula is C11H9N3O2S. The maximum Gasteiger partial charge on any atom is 0.268 e. The SMILES string of the molecule is CN(C(=O)c1cc2occc2s1)c1cn[nH]c1. The first kappa shape index (κ1) is 10.1. The van der Waals surface area contributed by atoms with Crippen LogP contribution in [-0.4, -0.2) is 23.2 Å². The van der Waals surface area contributed by atoms with Crippen LogP contribution < -0.4 is 4.90 Å². The van der Waals surface area contributed by atoms with Crippen molar-refractivity contribution >= 4 is 33.2 Å². The molecule has 0 spiro atoms. The monoisotopic (exact) mass is 247 g/mol. The maximum absolute atomic E-state index is 12.2. The maximum atomic E-state index is 12.2. The number of nitrogens with one attached hydrogen (secondary N) is 1. The van der Waals surface area contributed by atoms with Crippen LogP contribution in [0, 0.1) is 0 Å². The van der Waals surface area contributed by atoms with Gasteiger partial charge in [-0.05, 0) is 6.07 Å². The number of rotatable bonds is 2. The number of carbonyl (C=O) groups excluding carboxylic acids is 1. The Labute approximate surface area is 101 Å². The highest BCUT2D eigenvalue weighted by molar-refractivity contribution is 7.20. The summed E-state index contributed by atoms with van der Waals surface area (Å²) in [5.74, 6) is -0.0669. The molecule has 3 aromatic heterocycles. The topological polar surface area (TPSA) is 62.1 Å². The number of hydrogen-bond donors (Lipinski definition) is 1. The normalized spacial score (nSPS) is 10.9. The Bertz CT molecular complexity index is 625. The van der Waals surface area contributed by atoms with Crippen molar-refractivity contribution in [2.45, 2.75) is 0 Å². The number of fused-ring (bicyclic) bond motifs is 1. The molecule has 6 heteroatoms. The Kier molecular flexibility index (Phi) is 2.22. The van der Waals surface area contributed by atoms with E-state index in [2.05, 4.69) is 10.2 Å². The molecule has 0 aliphatic rings. The predicted molar refractivity (Wildman–Crippen MR) is 65.4 cm³/mol. The Morgan fingerprint density at radius 1 is 1.59 bits per heavy atom. The zero-order valence-electron chi connectivity index (χ0n) is 9.01. The molecular weight excluding hydrogens is 238 g/mol. The summed E-state index contributed by atoms with van der Waals surface area (Å²) in [7, 11) is 1.72. The third kappa shape index (κ3) is 1.62. The van der Waals surface area contributed by atoms with Gasteiger partial charge in [-0.2, -0.15) is 5.10 Å². The Morgan fingerprint density at radius 3 is 3.18 bits per heavy atom. The smallest absolute Gasteiger partial charge is 0.268 e. The molecule has 1 N–H and O–H groups in total. The van der Waals surface area contributed by atoms with E-state index in [0.29, 0.717) is 4.88 Å². The summed E-state index contributed by atoms with van der Waals surface area (Å²) < 4.78 is 6.22. The lowest BCUT2D eigenvalue weighted by atomic mass is 10.3. The second kappa shape index (κ2) is 3.74. The average Bonchev–Trinajstić information content (AvgIpc) is 3.01. The van der Waals surface area contributed by atoms with Crippen molar-refractivity contribution in [3.8, 4) is 0 Å². The molecule has 0 bridgehead atoms. The van der Waals surface area contributed by atoms with E-state index in [1.807, 2.05) is 6.07 Å². The van der Waals surface area contributed by atoms with E-state index < -0.39 is 0 Å². The first-order valence-corrected chi connectivity index (χ1v) is 5.81. The summed E-state index contributed by atoms with van der Waals surface area (Å²) in [5, 5.41) is 6.50. The Hall–Kier alpha value is -2.08. The fourth-order valence-corrected chi connectivity index (χ4v) is 2.54. The van der Waals surface area contributed by atoms with E-state index in [-0.39, 0.29) is 5.91 Å². The highest BCUT2D eigenvalue weighted by atomic mass is 32.1. The molecule has 0 aromatic carbocycles. The van der Waals surface area contributed by atoms with Crippen LogP contribution in [0.3, 0.4) is 0 Å². The standard InChI is InChI=1S/C11H9N3O2S/c1-14(7-5-12-13-6-7)11(15)10-4-8-9(17-10)2-3-16-8/h2-6H,1H3,(H,12,13). The van der Waals surface area contributed by atoms with Gasteiger partial charge in [0, 0.05) is 19.3 Å². The first-order chi connectivity index (χ1) is 8.25. The van der Waals surface area contributed by atoms with Crippen LogP contribution in [0.15, 0.2) is 35.2 Å². The van der Waals surface area contributed by atoms with Crippen molar-refractivity contribution in [2.75, 3.05) is 11.9 Å². The fraction of sp³-hybridized carbons (Fsp3) is 0.0909. The van der Waals surface area contributed by atoms with Crippen molar-refractivity contribution in [2.24, 2.45) is 0 Å². The molecule has 0 aliphatic carbocycles. The molecule has 3 rings (SSSR count). The number of hydrogen-bond acceptors (Lipinski definition) is 4. The van der Waals surface area contributed by atoms with Gasteiger partial charge < -0.3 is 9.32 Å². The van der Waals surface area contributed by atoms with Crippen molar-refractivity contribution in [3.05, 3.63) is 35.7 Å². The van der Waals surface area contributed by atoms with Crippen LogP contribution in [-0.2, 0) is 0 Å². The van der Waals surface area contributed by atoms with Gasteiger partial charge in [0.15, 0.2) is 0 Å². The van der Waals surface area contributed by atoms with Crippen molar-refractivity contribution in [1.29, 1.82) is 0 Å². The third-order valence-corrected chi connectivity index (χ3v) is 3.60. The molecule has 5 nitrogen and oxygen atoms in total. The molecule has 3 heterocycles. The minimum Gasteiger partial charge on any atom is -0.463 e. The summed E-state index contributed by atoms with van der Waals surface area (Å²) in [6, 6.07) is 3.62. The van der Waals surface area contributed by atoms with Gasteiger partial charge in [-0.15, -0.1) is 11.3 Å². The Morgan fingerprint density at radius 2 is 2.47 bits per heavy atom. The highest BCUT2D eigenvalue weighted by Crippen LogP contribution is 2.28. The molecule has 0 saturated heterocycles. The van der Waals surface area contributed by atoms with Gasteiger partial charge in [0.1, 0.15) is 5.58 Å². The molecule has 0 aliphatic heterocycles. The van der Waals surface area contributed by atoms with E-state index in [1.165, 1.54) is 11.3 Å². The van der Waals surface area contributed by atoms with E-state index in [4.69, 9.17) is 4.42 Å². The minimum atomic E-state index is -0.0669.